The standard InChI is InChI=1S/C9H11NO2/c1-9(2)6(4-3-5-10)7(9)8(11)12/h3-4,6-7H,1-2H3,(H,11,12)/b4-3+. The summed E-state index contributed by atoms with van der Waals surface area (Å²) in [6.45, 7) is 3.80. The van der Waals surface area contributed by atoms with Crippen LogP contribution in [0.25, 0.3) is 0 Å². The molecule has 3 heteroatoms. The zero-order valence-electron chi connectivity index (χ0n) is 7.11. The number of allylic oxidation sites excluding steroid dienone is 2. The van der Waals surface area contributed by atoms with Crippen molar-refractivity contribution in [2.45, 2.75) is 13.8 Å². The summed E-state index contributed by atoms with van der Waals surface area (Å²) >= 11 is 0. The molecule has 64 valence electrons. The Bertz CT molecular complexity index is 273. The van der Waals surface area contributed by atoms with E-state index in [0.717, 1.165) is 0 Å². The molecule has 3 nitrogen and oxygen atoms in total. The number of carboxylic acid groups (broad SMARTS) is 1. The summed E-state index contributed by atoms with van der Waals surface area (Å²) in [4.78, 5) is 10.6. The van der Waals surface area contributed by atoms with E-state index in [1.807, 2.05) is 19.9 Å². The summed E-state index contributed by atoms with van der Waals surface area (Å²) in [5.41, 5.74) is -0.181. The maximum Gasteiger partial charge on any atom is 0.307 e. The molecule has 0 aromatic heterocycles. The van der Waals surface area contributed by atoms with Crippen LogP contribution >= 0.6 is 0 Å². The van der Waals surface area contributed by atoms with Gasteiger partial charge in [0.05, 0.1) is 12.0 Å². The molecule has 0 aromatic rings. The highest BCUT2D eigenvalue weighted by molar-refractivity contribution is 5.76. The molecule has 1 aliphatic carbocycles. The number of carboxylic acids is 1. The zero-order valence-corrected chi connectivity index (χ0v) is 7.11. The maximum atomic E-state index is 10.6. The zero-order chi connectivity index (χ0) is 9.35. The van der Waals surface area contributed by atoms with E-state index < -0.39 is 5.97 Å². The van der Waals surface area contributed by atoms with Gasteiger partial charge in [-0.2, -0.15) is 5.26 Å². The third-order valence-electron chi connectivity index (χ3n) is 2.55. The Morgan fingerprint density at radius 3 is 2.58 bits per heavy atom. The average Bonchev–Trinajstić information content (AvgIpc) is 2.49. The fourth-order valence-electron chi connectivity index (χ4n) is 1.66. The van der Waals surface area contributed by atoms with Crippen molar-refractivity contribution in [3.63, 3.8) is 0 Å². The van der Waals surface area contributed by atoms with Crippen LogP contribution in [0.3, 0.4) is 0 Å². The highest BCUT2D eigenvalue weighted by Crippen LogP contribution is 2.58. The molecule has 2 unspecified atom stereocenters. The van der Waals surface area contributed by atoms with Crippen LogP contribution in [0.1, 0.15) is 13.8 Å². The van der Waals surface area contributed by atoms with Crippen molar-refractivity contribution in [1.82, 2.24) is 0 Å². The van der Waals surface area contributed by atoms with E-state index in [9.17, 15) is 4.79 Å². The summed E-state index contributed by atoms with van der Waals surface area (Å²) in [5, 5.41) is 17.0. The third kappa shape index (κ3) is 1.20. The molecule has 0 saturated heterocycles. The van der Waals surface area contributed by atoms with Gasteiger partial charge in [-0.15, -0.1) is 0 Å². The van der Waals surface area contributed by atoms with Gasteiger partial charge in [0.25, 0.3) is 0 Å². The Morgan fingerprint density at radius 1 is 1.67 bits per heavy atom. The van der Waals surface area contributed by atoms with E-state index in [2.05, 4.69) is 0 Å². The number of nitriles is 1. The van der Waals surface area contributed by atoms with Crippen LogP contribution in [0.5, 0.6) is 0 Å². The molecule has 0 amide bonds. The van der Waals surface area contributed by atoms with Gasteiger partial charge in [0.15, 0.2) is 0 Å². The van der Waals surface area contributed by atoms with Crippen LogP contribution in [0.15, 0.2) is 12.2 Å². The normalized spacial score (nSPS) is 31.4. The first kappa shape index (κ1) is 8.79. The Balaban J connectivity index is 2.68. The summed E-state index contributed by atoms with van der Waals surface area (Å²) in [5.74, 6) is -1.07. The fraction of sp³-hybridized carbons (Fsp3) is 0.556. The number of aliphatic carboxylic acids is 1. The molecule has 1 aliphatic rings. The molecule has 0 bridgehead atoms. The van der Waals surface area contributed by atoms with Crippen LogP contribution in [-0.4, -0.2) is 11.1 Å². The Labute approximate surface area is 71.3 Å². The van der Waals surface area contributed by atoms with E-state index in [1.54, 1.807) is 6.08 Å². The minimum absolute atomic E-state index is 0.0228. The second kappa shape index (κ2) is 2.63. The van der Waals surface area contributed by atoms with E-state index in [4.69, 9.17) is 10.4 Å². The van der Waals surface area contributed by atoms with Gasteiger partial charge in [0, 0.05) is 6.08 Å². The maximum absolute atomic E-state index is 10.6. The van der Waals surface area contributed by atoms with Crippen LogP contribution < -0.4 is 0 Å². The van der Waals surface area contributed by atoms with Gasteiger partial charge in [-0.05, 0) is 11.3 Å². The lowest BCUT2D eigenvalue weighted by molar-refractivity contribution is -0.139. The van der Waals surface area contributed by atoms with Crippen molar-refractivity contribution in [2.75, 3.05) is 0 Å². The SMILES string of the molecule is CC1(C)C(/C=C/C#N)C1C(=O)O. The number of hydrogen-bond donors (Lipinski definition) is 1. The van der Waals surface area contributed by atoms with E-state index in [1.165, 1.54) is 6.08 Å². The predicted octanol–water partition coefficient (Wildman–Crippen LogP) is 1.42. The molecule has 1 saturated carbocycles. The van der Waals surface area contributed by atoms with Crippen molar-refractivity contribution in [1.29, 1.82) is 5.26 Å². The minimum Gasteiger partial charge on any atom is -0.481 e. The smallest absolute Gasteiger partial charge is 0.307 e. The molecular weight excluding hydrogens is 154 g/mol. The topological polar surface area (TPSA) is 61.1 Å². The molecule has 1 N–H and O–H groups in total. The van der Waals surface area contributed by atoms with Crippen LogP contribution in [-0.2, 0) is 4.79 Å². The van der Waals surface area contributed by atoms with Crippen molar-refractivity contribution in [2.24, 2.45) is 17.3 Å². The number of hydrogen-bond acceptors (Lipinski definition) is 2. The molecule has 0 heterocycles. The van der Waals surface area contributed by atoms with Gasteiger partial charge in [0.1, 0.15) is 0 Å². The second-order valence-electron chi connectivity index (χ2n) is 3.65. The largest absolute Gasteiger partial charge is 0.481 e. The van der Waals surface area contributed by atoms with Crippen molar-refractivity contribution >= 4 is 5.97 Å². The van der Waals surface area contributed by atoms with Gasteiger partial charge < -0.3 is 5.11 Å². The highest BCUT2D eigenvalue weighted by Gasteiger charge is 2.60. The average molecular weight is 165 g/mol. The highest BCUT2D eigenvalue weighted by atomic mass is 16.4. The fourth-order valence-corrected chi connectivity index (χ4v) is 1.66. The molecule has 0 spiro atoms. The van der Waals surface area contributed by atoms with E-state index in [-0.39, 0.29) is 17.3 Å². The summed E-state index contributed by atoms with van der Waals surface area (Å²) < 4.78 is 0. The van der Waals surface area contributed by atoms with Crippen molar-refractivity contribution in [3.8, 4) is 6.07 Å². The van der Waals surface area contributed by atoms with Crippen LogP contribution in [0.4, 0.5) is 0 Å². The van der Waals surface area contributed by atoms with E-state index >= 15 is 0 Å². The number of rotatable bonds is 2. The Kier molecular flexibility index (Phi) is 1.93. The molecule has 2 atom stereocenters. The molecule has 12 heavy (non-hydrogen) atoms. The van der Waals surface area contributed by atoms with Gasteiger partial charge in [-0.1, -0.05) is 19.9 Å². The molecule has 0 aromatic carbocycles. The lowest BCUT2D eigenvalue weighted by Crippen LogP contribution is -2.02. The van der Waals surface area contributed by atoms with Gasteiger partial charge in [0.2, 0.25) is 0 Å². The van der Waals surface area contributed by atoms with Crippen molar-refractivity contribution < 1.29 is 9.90 Å². The summed E-state index contributed by atoms with van der Waals surface area (Å²) in [6.07, 6.45) is 3.04. The first-order chi connectivity index (χ1) is 5.51. The molecule has 1 rings (SSSR count). The second-order valence-corrected chi connectivity index (χ2v) is 3.65. The lowest BCUT2D eigenvalue weighted by atomic mass is 10.1. The first-order valence-electron chi connectivity index (χ1n) is 3.81. The lowest BCUT2D eigenvalue weighted by Gasteiger charge is -1.95. The minimum atomic E-state index is -0.771. The van der Waals surface area contributed by atoms with Crippen LogP contribution in [0.2, 0.25) is 0 Å². The molecular formula is C9H11NO2. The predicted molar refractivity (Wildman–Crippen MR) is 43.1 cm³/mol. The molecule has 0 radical (unpaired) electrons. The number of nitrogens with zero attached hydrogens (tertiary/aromatic N) is 1. The first-order valence-corrected chi connectivity index (χ1v) is 3.81. The molecule has 0 aliphatic heterocycles. The Morgan fingerprint density at radius 2 is 2.25 bits per heavy atom. The third-order valence-corrected chi connectivity index (χ3v) is 2.55. The monoisotopic (exact) mass is 165 g/mol. The quantitative estimate of drug-likeness (QED) is 0.629. The van der Waals surface area contributed by atoms with Crippen molar-refractivity contribution in [3.05, 3.63) is 12.2 Å². The molecule has 1 fully saturated rings. The van der Waals surface area contributed by atoms with Gasteiger partial charge in [-0.3, -0.25) is 4.79 Å². The van der Waals surface area contributed by atoms with Gasteiger partial charge in [-0.25, -0.2) is 0 Å². The number of carbonyl (C=O) groups is 1. The van der Waals surface area contributed by atoms with E-state index in [0.29, 0.717) is 0 Å². The summed E-state index contributed by atoms with van der Waals surface area (Å²) in [7, 11) is 0. The Hall–Kier alpha value is -1.30. The summed E-state index contributed by atoms with van der Waals surface area (Å²) in [6, 6.07) is 1.86. The van der Waals surface area contributed by atoms with Gasteiger partial charge >= 0.3 is 5.97 Å². The van der Waals surface area contributed by atoms with Crippen LogP contribution in [0, 0.1) is 28.6 Å².